The third-order valence-electron chi connectivity index (χ3n) is 6.21. The van der Waals surface area contributed by atoms with E-state index in [9.17, 15) is 19.2 Å². The van der Waals surface area contributed by atoms with Gasteiger partial charge >= 0.3 is 5.97 Å². The van der Waals surface area contributed by atoms with Crippen molar-refractivity contribution in [3.8, 4) is 0 Å². The first-order valence-electron chi connectivity index (χ1n) is 10.1. The average Bonchev–Trinajstić information content (AvgIpc) is 3.43. The number of carbonyl (C=O) groups excluding carboxylic acids is 4. The van der Waals surface area contributed by atoms with E-state index in [1.54, 1.807) is 6.92 Å². The summed E-state index contributed by atoms with van der Waals surface area (Å²) >= 11 is 6.54. The maximum Gasteiger partial charge on any atom is 0.341 e. The van der Waals surface area contributed by atoms with E-state index < -0.39 is 11.9 Å². The van der Waals surface area contributed by atoms with E-state index in [1.165, 1.54) is 11.3 Å². The van der Waals surface area contributed by atoms with Gasteiger partial charge in [-0.15, -0.1) is 11.3 Å². The Hall–Kier alpha value is -2.59. The molecule has 1 aromatic rings. The number of ether oxygens (including phenoxy) is 1. The number of anilines is 1. The predicted octanol–water partition coefficient (Wildman–Crippen LogP) is 2.16. The molecule has 0 aromatic carbocycles. The highest BCUT2D eigenvalue weighted by Crippen LogP contribution is 2.52. The zero-order chi connectivity index (χ0) is 22.4. The van der Waals surface area contributed by atoms with Crippen LogP contribution in [0.5, 0.6) is 0 Å². The van der Waals surface area contributed by atoms with Crippen molar-refractivity contribution in [3.05, 3.63) is 28.2 Å². The highest BCUT2D eigenvalue weighted by molar-refractivity contribution is 7.80. The second-order valence-electron chi connectivity index (χ2n) is 7.97. The molecule has 2 fully saturated rings. The number of fused-ring (bicyclic) bond motifs is 5. The molecular weight excluding hydrogens is 438 g/mol. The monoisotopic (exact) mass is 461 g/mol. The number of esters is 1. The summed E-state index contributed by atoms with van der Waals surface area (Å²) in [4.78, 5) is 52.2. The van der Waals surface area contributed by atoms with Gasteiger partial charge in [-0.25, -0.2) is 4.79 Å². The van der Waals surface area contributed by atoms with Crippen LogP contribution in [-0.4, -0.2) is 46.9 Å². The standard InChI is InChI=1S/C21H23N3O5S2/c1-4-29-20(28)14-9(2)10(3)31-17(14)23-21(30)22-13(25)8-24-18(26)15-11-5-6-12(7-11)16(15)19(24)27/h5-6,11-12,15-16H,4,7-8H2,1-3H3,(H2,22,23,25,30)/t11-,12-,15-,16+/m0/s1. The van der Waals surface area contributed by atoms with Crippen molar-refractivity contribution < 1.29 is 23.9 Å². The first-order chi connectivity index (χ1) is 14.7. The number of aryl methyl sites for hydroxylation is 1. The Labute approximate surface area is 189 Å². The molecule has 0 spiro atoms. The smallest absolute Gasteiger partial charge is 0.341 e. The van der Waals surface area contributed by atoms with Crippen molar-refractivity contribution in [3.63, 3.8) is 0 Å². The summed E-state index contributed by atoms with van der Waals surface area (Å²) in [6.45, 7) is 5.28. The minimum Gasteiger partial charge on any atom is -0.462 e. The number of carbonyl (C=O) groups is 4. The SMILES string of the molecule is CCOC(=O)c1c(NC(=S)NC(=O)CN2C(=O)[C@@H]3[C@H](C2=O)[C@H]2C=C[C@H]3C2)sc(C)c1C. The predicted molar refractivity (Wildman–Crippen MR) is 119 cm³/mol. The van der Waals surface area contributed by atoms with Gasteiger partial charge in [0.05, 0.1) is 24.0 Å². The van der Waals surface area contributed by atoms with Gasteiger partial charge in [-0.3, -0.25) is 19.3 Å². The minimum absolute atomic E-state index is 0.0159. The lowest BCUT2D eigenvalue weighted by molar-refractivity contribution is -0.144. The fourth-order valence-electron chi connectivity index (χ4n) is 4.73. The zero-order valence-electron chi connectivity index (χ0n) is 17.4. The van der Waals surface area contributed by atoms with E-state index in [2.05, 4.69) is 10.6 Å². The van der Waals surface area contributed by atoms with E-state index in [0.717, 1.165) is 21.8 Å². The molecule has 0 radical (unpaired) electrons. The average molecular weight is 462 g/mol. The molecule has 4 atom stereocenters. The molecule has 2 bridgehead atoms. The molecule has 1 aromatic heterocycles. The van der Waals surface area contributed by atoms with Gasteiger partial charge in [-0.05, 0) is 56.8 Å². The molecule has 2 aliphatic carbocycles. The Morgan fingerprint density at radius 1 is 1.19 bits per heavy atom. The number of allylic oxidation sites excluding steroid dienone is 2. The van der Waals surface area contributed by atoms with Crippen LogP contribution in [0.2, 0.25) is 0 Å². The maximum atomic E-state index is 12.7. The number of nitrogens with zero attached hydrogens (tertiary/aromatic N) is 1. The number of hydrogen-bond donors (Lipinski definition) is 2. The number of rotatable bonds is 5. The second kappa shape index (κ2) is 8.16. The summed E-state index contributed by atoms with van der Waals surface area (Å²) in [6, 6.07) is 0. The molecule has 2 heterocycles. The summed E-state index contributed by atoms with van der Waals surface area (Å²) in [7, 11) is 0. The summed E-state index contributed by atoms with van der Waals surface area (Å²) < 4.78 is 5.11. The van der Waals surface area contributed by atoms with Gasteiger partial charge in [0, 0.05) is 4.88 Å². The fourth-order valence-corrected chi connectivity index (χ4v) is 6.06. The number of hydrogen-bond acceptors (Lipinski definition) is 7. The van der Waals surface area contributed by atoms with Gasteiger partial charge in [-0.1, -0.05) is 12.2 Å². The molecule has 10 heteroatoms. The van der Waals surface area contributed by atoms with Crippen molar-refractivity contribution in [1.82, 2.24) is 10.2 Å². The quantitative estimate of drug-likeness (QED) is 0.300. The number of amides is 3. The van der Waals surface area contributed by atoms with Crippen molar-refractivity contribution in [2.45, 2.75) is 27.2 Å². The molecule has 3 amide bonds. The van der Waals surface area contributed by atoms with Crippen molar-refractivity contribution >= 4 is 57.4 Å². The number of nitrogens with one attached hydrogen (secondary N) is 2. The molecule has 164 valence electrons. The molecule has 1 saturated carbocycles. The third-order valence-corrected chi connectivity index (χ3v) is 7.54. The summed E-state index contributed by atoms with van der Waals surface area (Å²) in [5.41, 5.74) is 1.16. The number of thiocarbonyl (C=S) groups is 1. The van der Waals surface area contributed by atoms with E-state index in [4.69, 9.17) is 17.0 Å². The van der Waals surface area contributed by atoms with Gasteiger partial charge < -0.3 is 15.4 Å². The van der Waals surface area contributed by atoms with Gasteiger partial charge in [0.2, 0.25) is 17.7 Å². The van der Waals surface area contributed by atoms with Crippen molar-refractivity contribution in [2.75, 3.05) is 18.5 Å². The van der Waals surface area contributed by atoms with E-state index in [-0.39, 0.29) is 53.8 Å². The van der Waals surface area contributed by atoms with Crippen LogP contribution >= 0.6 is 23.6 Å². The maximum absolute atomic E-state index is 12.7. The van der Waals surface area contributed by atoms with Gasteiger partial charge in [-0.2, -0.15) is 0 Å². The molecule has 8 nitrogen and oxygen atoms in total. The van der Waals surface area contributed by atoms with Crippen LogP contribution in [0.15, 0.2) is 12.2 Å². The second-order valence-corrected chi connectivity index (χ2v) is 9.61. The highest BCUT2D eigenvalue weighted by Gasteiger charge is 2.59. The van der Waals surface area contributed by atoms with Gasteiger partial charge in [0.25, 0.3) is 0 Å². The molecule has 1 aliphatic heterocycles. The van der Waals surface area contributed by atoms with E-state index >= 15 is 0 Å². The molecule has 0 unspecified atom stereocenters. The van der Waals surface area contributed by atoms with Crippen LogP contribution in [0, 0.1) is 37.5 Å². The molecule has 3 aliphatic rings. The normalized spacial score (nSPS) is 25.7. The lowest BCUT2D eigenvalue weighted by Gasteiger charge is -2.17. The first-order valence-corrected chi connectivity index (χ1v) is 11.4. The Kier molecular flexibility index (Phi) is 5.69. The molecule has 4 rings (SSSR count). The molecular formula is C21H23N3O5S2. The van der Waals surface area contributed by atoms with Crippen LogP contribution in [0.4, 0.5) is 5.00 Å². The van der Waals surface area contributed by atoms with E-state index in [0.29, 0.717) is 10.6 Å². The lowest BCUT2D eigenvalue weighted by Crippen LogP contribution is -2.44. The molecule has 31 heavy (non-hydrogen) atoms. The van der Waals surface area contributed by atoms with E-state index in [1.807, 2.05) is 26.0 Å². The van der Waals surface area contributed by atoms with Crippen LogP contribution in [0.3, 0.4) is 0 Å². The first kappa shape index (κ1) is 21.6. The Balaban J connectivity index is 1.39. The van der Waals surface area contributed by atoms with Crippen LogP contribution in [0.1, 0.15) is 34.1 Å². The zero-order valence-corrected chi connectivity index (χ0v) is 19.0. The highest BCUT2D eigenvalue weighted by atomic mass is 32.1. The number of thiophene rings is 1. The van der Waals surface area contributed by atoms with Crippen molar-refractivity contribution in [1.29, 1.82) is 0 Å². The number of likely N-dealkylation sites (tertiary alicyclic amines) is 1. The fraction of sp³-hybridized carbons (Fsp3) is 0.476. The largest absolute Gasteiger partial charge is 0.462 e. The summed E-state index contributed by atoms with van der Waals surface area (Å²) in [5, 5.41) is 5.83. The van der Waals surface area contributed by atoms with Crippen LogP contribution < -0.4 is 10.6 Å². The van der Waals surface area contributed by atoms with Crippen LogP contribution in [-0.2, 0) is 19.1 Å². The Morgan fingerprint density at radius 2 is 1.81 bits per heavy atom. The lowest BCUT2D eigenvalue weighted by atomic mass is 9.85. The minimum atomic E-state index is -0.567. The number of imide groups is 1. The molecule has 2 N–H and O–H groups in total. The third kappa shape index (κ3) is 3.67. The molecule has 1 saturated heterocycles. The Morgan fingerprint density at radius 3 is 2.39 bits per heavy atom. The topological polar surface area (TPSA) is 105 Å². The summed E-state index contributed by atoms with van der Waals surface area (Å²) in [6.07, 6.45) is 4.85. The van der Waals surface area contributed by atoms with Gasteiger partial charge in [0.15, 0.2) is 5.11 Å². The van der Waals surface area contributed by atoms with Gasteiger partial charge in [0.1, 0.15) is 11.5 Å². The Bertz CT molecular complexity index is 1000. The van der Waals surface area contributed by atoms with Crippen molar-refractivity contribution in [2.24, 2.45) is 23.7 Å². The van der Waals surface area contributed by atoms with Crippen LogP contribution in [0.25, 0.3) is 0 Å². The summed E-state index contributed by atoms with van der Waals surface area (Å²) in [5.74, 6) is -2.10.